The van der Waals surface area contributed by atoms with E-state index in [4.69, 9.17) is 9.47 Å². The summed E-state index contributed by atoms with van der Waals surface area (Å²) in [5.74, 6) is -1.76. The first-order chi connectivity index (χ1) is 12.2. The van der Waals surface area contributed by atoms with Crippen molar-refractivity contribution in [3.63, 3.8) is 0 Å². The van der Waals surface area contributed by atoms with Gasteiger partial charge in [-0.05, 0) is 24.3 Å². The zero-order valence-corrected chi connectivity index (χ0v) is 13.7. The van der Waals surface area contributed by atoms with E-state index >= 15 is 0 Å². The number of carbonyl (C=O) groups excluding carboxylic acids is 1. The summed E-state index contributed by atoms with van der Waals surface area (Å²) in [6.45, 7) is 0. The van der Waals surface area contributed by atoms with Crippen molar-refractivity contribution in [1.82, 2.24) is 0 Å². The molecular formula is C17H14F3NO5. The highest BCUT2D eigenvalue weighted by Gasteiger charge is 2.30. The van der Waals surface area contributed by atoms with Gasteiger partial charge in [-0.3, -0.25) is 4.79 Å². The van der Waals surface area contributed by atoms with Crippen molar-refractivity contribution in [2.45, 2.75) is 6.18 Å². The molecule has 2 aromatic rings. The van der Waals surface area contributed by atoms with Gasteiger partial charge in [0, 0.05) is 17.7 Å². The van der Waals surface area contributed by atoms with Crippen LogP contribution in [-0.2, 0) is 6.18 Å². The molecule has 0 heterocycles. The van der Waals surface area contributed by atoms with Crippen LogP contribution in [-0.4, -0.2) is 31.2 Å². The fraction of sp³-hybridized carbons (Fsp3) is 0.176. The van der Waals surface area contributed by atoms with Crippen LogP contribution >= 0.6 is 0 Å². The average Bonchev–Trinajstić information content (AvgIpc) is 2.60. The number of rotatable bonds is 5. The minimum atomic E-state index is -4.52. The van der Waals surface area contributed by atoms with Crippen LogP contribution in [0.4, 0.5) is 18.9 Å². The molecule has 0 aromatic heterocycles. The number of hydrogen-bond acceptors (Lipinski definition) is 4. The van der Waals surface area contributed by atoms with Crippen LogP contribution in [0.5, 0.6) is 11.5 Å². The molecule has 0 fully saturated rings. The highest BCUT2D eigenvalue weighted by atomic mass is 19.4. The minimum absolute atomic E-state index is 0.0656. The van der Waals surface area contributed by atoms with Gasteiger partial charge in [-0.15, -0.1) is 0 Å². The Balaban J connectivity index is 2.34. The smallest absolute Gasteiger partial charge is 0.416 e. The number of hydrogen-bond donors (Lipinski definition) is 2. The van der Waals surface area contributed by atoms with E-state index in [-0.39, 0.29) is 28.3 Å². The number of nitrogens with one attached hydrogen (secondary N) is 1. The molecule has 138 valence electrons. The molecule has 9 heteroatoms. The third-order valence-electron chi connectivity index (χ3n) is 3.48. The number of aromatic carboxylic acids is 1. The van der Waals surface area contributed by atoms with Gasteiger partial charge in [0.2, 0.25) is 0 Å². The molecule has 26 heavy (non-hydrogen) atoms. The number of amides is 1. The number of carboxylic acids is 1. The van der Waals surface area contributed by atoms with Gasteiger partial charge in [0.15, 0.2) is 11.5 Å². The fourth-order valence-electron chi connectivity index (χ4n) is 2.16. The molecule has 0 unspecified atom stereocenters. The van der Waals surface area contributed by atoms with Crippen LogP contribution in [0.25, 0.3) is 0 Å². The third kappa shape index (κ3) is 4.05. The standard InChI is InChI=1S/C17H14F3NO5/c1-25-13-7-11(16(23)24)12(8-14(13)26-2)21-15(22)9-3-5-10(6-4-9)17(18,19)20/h3-8H,1-2H3,(H,21,22)(H,23,24). The van der Waals surface area contributed by atoms with E-state index < -0.39 is 23.6 Å². The van der Waals surface area contributed by atoms with Gasteiger partial charge in [0.25, 0.3) is 5.91 Å². The lowest BCUT2D eigenvalue weighted by Crippen LogP contribution is -2.15. The topological polar surface area (TPSA) is 84.9 Å². The Morgan fingerprint density at radius 3 is 2.00 bits per heavy atom. The molecule has 0 atom stereocenters. The normalized spacial score (nSPS) is 11.0. The van der Waals surface area contributed by atoms with Crippen LogP contribution in [0.2, 0.25) is 0 Å². The maximum Gasteiger partial charge on any atom is 0.416 e. The van der Waals surface area contributed by atoms with E-state index in [2.05, 4.69) is 5.32 Å². The Kier molecular flexibility index (Phi) is 5.39. The van der Waals surface area contributed by atoms with Crippen LogP contribution in [0, 0.1) is 0 Å². The van der Waals surface area contributed by atoms with Gasteiger partial charge in [-0.25, -0.2) is 4.79 Å². The molecule has 0 radical (unpaired) electrons. The van der Waals surface area contributed by atoms with Crippen LogP contribution in [0.1, 0.15) is 26.3 Å². The predicted molar refractivity (Wildman–Crippen MR) is 85.9 cm³/mol. The minimum Gasteiger partial charge on any atom is -0.493 e. The summed E-state index contributed by atoms with van der Waals surface area (Å²) in [6.07, 6.45) is -4.52. The van der Waals surface area contributed by atoms with Crippen molar-refractivity contribution in [3.05, 3.63) is 53.1 Å². The molecule has 0 aliphatic rings. The maximum atomic E-state index is 12.6. The molecule has 0 saturated carbocycles. The van der Waals surface area contributed by atoms with Crippen LogP contribution in [0.15, 0.2) is 36.4 Å². The molecule has 0 aliphatic heterocycles. The Bertz CT molecular complexity index is 832. The highest BCUT2D eigenvalue weighted by Crippen LogP contribution is 2.34. The van der Waals surface area contributed by atoms with Crippen molar-refractivity contribution < 1.29 is 37.3 Å². The molecule has 1 amide bonds. The summed E-state index contributed by atoms with van der Waals surface area (Å²) in [5.41, 5.74) is -1.31. The molecule has 2 N–H and O–H groups in total. The summed E-state index contributed by atoms with van der Waals surface area (Å²) in [6, 6.07) is 5.95. The lowest BCUT2D eigenvalue weighted by molar-refractivity contribution is -0.137. The van der Waals surface area contributed by atoms with E-state index in [1.807, 2.05) is 0 Å². The number of anilines is 1. The highest BCUT2D eigenvalue weighted by molar-refractivity contribution is 6.08. The average molecular weight is 369 g/mol. The summed E-state index contributed by atoms with van der Waals surface area (Å²) in [4.78, 5) is 23.6. The Hall–Kier alpha value is -3.23. The number of ether oxygens (including phenoxy) is 2. The first-order valence-electron chi connectivity index (χ1n) is 7.15. The number of alkyl halides is 3. The zero-order valence-electron chi connectivity index (χ0n) is 13.7. The summed E-state index contributed by atoms with van der Waals surface area (Å²) < 4.78 is 47.8. The van der Waals surface area contributed by atoms with Gasteiger partial charge in [0.05, 0.1) is 31.0 Å². The molecule has 0 saturated heterocycles. The van der Waals surface area contributed by atoms with Crippen molar-refractivity contribution >= 4 is 17.6 Å². The van der Waals surface area contributed by atoms with Crippen molar-refractivity contribution in [3.8, 4) is 11.5 Å². The summed E-state index contributed by atoms with van der Waals surface area (Å²) >= 11 is 0. The van der Waals surface area contributed by atoms with E-state index in [1.165, 1.54) is 26.4 Å². The fourth-order valence-corrected chi connectivity index (χ4v) is 2.16. The van der Waals surface area contributed by atoms with Crippen LogP contribution in [0.3, 0.4) is 0 Å². The van der Waals surface area contributed by atoms with Gasteiger partial charge in [-0.1, -0.05) is 0 Å². The van der Waals surface area contributed by atoms with E-state index in [9.17, 15) is 27.9 Å². The first-order valence-corrected chi connectivity index (χ1v) is 7.15. The molecule has 0 bridgehead atoms. The third-order valence-corrected chi connectivity index (χ3v) is 3.48. The number of carbonyl (C=O) groups is 2. The number of benzene rings is 2. The van der Waals surface area contributed by atoms with Gasteiger partial charge in [-0.2, -0.15) is 13.2 Å². The zero-order chi connectivity index (χ0) is 19.5. The molecule has 2 aromatic carbocycles. The molecule has 0 aliphatic carbocycles. The van der Waals surface area contributed by atoms with E-state index in [0.717, 1.165) is 24.3 Å². The van der Waals surface area contributed by atoms with E-state index in [0.29, 0.717) is 0 Å². The monoisotopic (exact) mass is 369 g/mol. The lowest BCUT2D eigenvalue weighted by atomic mass is 10.1. The van der Waals surface area contributed by atoms with Crippen LogP contribution < -0.4 is 14.8 Å². The second-order valence-electron chi connectivity index (χ2n) is 5.09. The Labute approximate surface area is 146 Å². The lowest BCUT2D eigenvalue weighted by Gasteiger charge is -2.14. The molecule has 2 rings (SSSR count). The maximum absolute atomic E-state index is 12.6. The molecular weight excluding hydrogens is 355 g/mol. The van der Waals surface area contributed by atoms with Gasteiger partial charge in [0.1, 0.15) is 0 Å². The Morgan fingerprint density at radius 1 is 1.00 bits per heavy atom. The largest absolute Gasteiger partial charge is 0.493 e. The van der Waals surface area contributed by atoms with Gasteiger partial charge >= 0.3 is 12.1 Å². The first kappa shape index (κ1) is 19.1. The second-order valence-corrected chi connectivity index (χ2v) is 5.09. The van der Waals surface area contributed by atoms with Crippen molar-refractivity contribution in [2.24, 2.45) is 0 Å². The summed E-state index contributed by atoms with van der Waals surface area (Å²) in [5, 5.41) is 11.6. The van der Waals surface area contributed by atoms with Gasteiger partial charge < -0.3 is 19.9 Å². The van der Waals surface area contributed by atoms with Crippen molar-refractivity contribution in [2.75, 3.05) is 19.5 Å². The predicted octanol–water partition coefficient (Wildman–Crippen LogP) is 3.67. The summed E-state index contributed by atoms with van der Waals surface area (Å²) in [7, 11) is 2.66. The number of carboxylic acid groups (broad SMARTS) is 1. The quantitative estimate of drug-likeness (QED) is 0.840. The second kappa shape index (κ2) is 7.34. The van der Waals surface area contributed by atoms with E-state index in [1.54, 1.807) is 0 Å². The molecule has 0 spiro atoms. The number of methoxy groups -OCH3 is 2. The van der Waals surface area contributed by atoms with Crippen molar-refractivity contribution in [1.29, 1.82) is 0 Å². The molecule has 6 nitrogen and oxygen atoms in total. The Morgan fingerprint density at radius 2 is 1.54 bits per heavy atom. The number of halogens is 3. The SMILES string of the molecule is COc1cc(NC(=O)c2ccc(C(F)(F)F)cc2)c(C(=O)O)cc1OC.